The number of nitrogens with zero attached hydrogens (tertiary/aromatic N) is 2. The molecule has 140 valence electrons. The molecule has 0 aliphatic rings. The quantitative estimate of drug-likeness (QED) is 0.378. The van der Waals surface area contributed by atoms with E-state index in [9.17, 15) is 17.6 Å². The van der Waals surface area contributed by atoms with Crippen LogP contribution in [0.5, 0.6) is 0 Å². The fourth-order valence-corrected chi connectivity index (χ4v) is 2.57. The van der Waals surface area contributed by atoms with Gasteiger partial charge in [-0.2, -0.15) is 13.2 Å². The van der Waals surface area contributed by atoms with Crippen LogP contribution in [0.4, 0.5) is 23.2 Å². The van der Waals surface area contributed by atoms with E-state index in [1.807, 2.05) is 44.9 Å². The van der Waals surface area contributed by atoms with Crippen LogP contribution in [0.3, 0.4) is 0 Å². The van der Waals surface area contributed by atoms with E-state index in [1.165, 1.54) is 0 Å². The van der Waals surface area contributed by atoms with E-state index >= 15 is 0 Å². The Balaban J connectivity index is 2.32. The van der Waals surface area contributed by atoms with Crippen LogP contribution >= 0.6 is 0 Å². The van der Waals surface area contributed by atoms with Crippen molar-refractivity contribution in [1.82, 2.24) is 4.90 Å². The van der Waals surface area contributed by atoms with Gasteiger partial charge in [-0.1, -0.05) is 6.07 Å². The van der Waals surface area contributed by atoms with Crippen LogP contribution in [0.15, 0.2) is 35.3 Å². The van der Waals surface area contributed by atoms with Gasteiger partial charge < -0.3 is 4.90 Å². The summed E-state index contributed by atoms with van der Waals surface area (Å²) in [4.78, 5) is 6.38. The minimum atomic E-state index is -4.56. The molecule has 0 saturated heterocycles. The first-order valence-electron chi connectivity index (χ1n) is 8.31. The fourth-order valence-electron chi connectivity index (χ4n) is 2.57. The molecule has 0 spiro atoms. The van der Waals surface area contributed by atoms with Crippen molar-refractivity contribution < 1.29 is 17.6 Å². The second-order valence-electron chi connectivity index (χ2n) is 6.41. The lowest BCUT2D eigenvalue weighted by molar-refractivity contribution is -0.137. The lowest BCUT2D eigenvalue weighted by Gasteiger charge is -2.13. The zero-order chi connectivity index (χ0) is 19.5. The van der Waals surface area contributed by atoms with Gasteiger partial charge in [0.1, 0.15) is 5.82 Å². The van der Waals surface area contributed by atoms with Crippen LogP contribution in [-0.2, 0) is 12.6 Å². The molecule has 0 fully saturated rings. The summed E-state index contributed by atoms with van der Waals surface area (Å²) in [6.07, 6.45) is -2.60. The summed E-state index contributed by atoms with van der Waals surface area (Å²) in [5.41, 5.74) is 2.80. The summed E-state index contributed by atoms with van der Waals surface area (Å²) in [6, 6.07) is 6.46. The molecule has 0 bridgehead atoms. The largest absolute Gasteiger partial charge is 0.416 e. The molecular formula is C20H22F4N2. The fraction of sp³-hybridized carbons (Fsp3) is 0.350. The summed E-state index contributed by atoms with van der Waals surface area (Å²) < 4.78 is 52.2. The molecule has 0 aromatic heterocycles. The SMILES string of the molecule is CCN(C)C=Nc1cc(C)c(Cc2cc(F)cc(C(F)(F)F)c2)cc1C. The molecule has 0 aliphatic carbocycles. The second-order valence-corrected chi connectivity index (χ2v) is 6.41. The minimum Gasteiger partial charge on any atom is -0.366 e. The second kappa shape index (κ2) is 7.89. The molecule has 0 saturated carbocycles. The first kappa shape index (κ1) is 19.9. The third-order valence-electron chi connectivity index (χ3n) is 4.23. The van der Waals surface area contributed by atoms with Gasteiger partial charge in [0.25, 0.3) is 0 Å². The molecule has 0 atom stereocenters. The van der Waals surface area contributed by atoms with Gasteiger partial charge in [0.2, 0.25) is 0 Å². The summed E-state index contributed by atoms with van der Waals surface area (Å²) in [5, 5.41) is 0. The van der Waals surface area contributed by atoms with Crippen molar-refractivity contribution in [2.24, 2.45) is 4.99 Å². The average Bonchev–Trinajstić information content (AvgIpc) is 2.55. The van der Waals surface area contributed by atoms with E-state index in [1.54, 1.807) is 6.34 Å². The number of rotatable bonds is 5. The lowest BCUT2D eigenvalue weighted by atomic mass is 9.96. The van der Waals surface area contributed by atoms with Crippen LogP contribution in [0.25, 0.3) is 0 Å². The maximum Gasteiger partial charge on any atom is 0.416 e. The van der Waals surface area contributed by atoms with E-state index in [2.05, 4.69) is 4.99 Å². The number of hydrogen-bond donors (Lipinski definition) is 0. The molecule has 0 radical (unpaired) electrons. The van der Waals surface area contributed by atoms with E-state index in [0.29, 0.717) is 11.6 Å². The number of benzene rings is 2. The minimum absolute atomic E-state index is 0.229. The van der Waals surface area contributed by atoms with Crippen molar-refractivity contribution >= 4 is 12.0 Å². The average molecular weight is 366 g/mol. The summed E-state index contributed by atoms with van der Waals surface area (Å²) in [6.45, 7) is 6.62. The number of aliphatic imine (C=N–C) groups is 1. The molecule has 0 heterocycles. The summed E-state index contributed by atoms with van der Waals surface area (Å²) in [7, 11) is 1.92. The Labute approximate surface area is 151 Å². The van der Waals surface area contributed by atoms with Gasteiger partial charge in [0.15, 0.2) is 0 Å². The van der Waals surface area contributed by atoms with Crippen molar-refractivity contribution in [3.8, 4) is 0 Å². The summed E-state index contributed by atoms with van der Waals surface area (Å²) >= 11 is 0. The van der Waals surface area contributed by atoms with Gasteiger partial charge in [-0.15, -0.1) is 0 Å². The number of hydrogen-bond acceptors (Lipinski definition) is 1. The Morgan fingerprint density at radius 1 is 1.04 bits per heavy atom. The topological polar surface area (TPSA) is 15.6 Å². The maximum atomic E-state index is 13.6. The first-order valence-corrected chi connectivity index (χ1v) is 8.31. The standard InChI is InChI=1S/C20H22F4N2/c1-5-26(4)12-25-19-7-13(2)16(6-14(19)3)8-15-9-17(20(22,23)24)11-18(21)10-15/h6-7,9-12H,5,8H2,1-4H3. The first-order chi connectivity index (χ1) is 12.1. The van der Waals surface area contributed by atoms with Gasteiger partial charge in [0.05, 0.1) is 17.6 Å². The molecule has 0 aliphatic heterocycles. The molecular weight excluding hydrogens is 344 g/mol. The highest BCUT2D eigenvalue weighted by Crippen LogP contribution is 2.31. The van der Waals surface area contributed by atoms with Gasteiger partial charge >= 0.3 is 6.18 Å². The maximum absolute atomic E-state index is 13.6. The van der Waals surface area contributed by atoms with Crippen LogP contribution in [0.2, 0.25) is 0 Å². The highest BCUT2D eigenvalue weighted by atomic mass is 19.4. The Hall–Kier alpha value is -2.37. The number of alkyl halides is 3. The molecule has 0 N–H and O–H groups in total. The molecule has 2 aromatic carbocycles. The predicted octanol–water partition coefficient (Wildman–Crippen LogP) is 5.66. The molecule has 2 rings (SSSR count). The Morgan fingerprint density at radius 2 is 1.73 bits per heavy atom. The van der Waals surface area contributed by atoms with Crippen LogP contribution in [-0.4, -0.2) is 24.8 Å². The van der Waals surface area contributed by atoms with Crippen molar-refractivity contribution in [2.75, 3.05) is 13.6 Å². The predicted molar refractivity (Wildman–Crippen MR) is 96.6 cm³/mol. The van der Waals surface area contributed by atoms with Gasteiger partial charge in [-0.3, -0.25) is 0 Å². The lowest BCUT2D eigenvalue weighted by Crippen LogP contribution is -2.14. The normalized spacial score (nSPS) is 12.0. The molecule has 0 unspecified atom stereocenters. The monoisotopic (exact) mass is 366 g/mol. The van der Waals surface area contributed by atoms with E-state index in [0.717, 1.165) is 41.1 Å². The smallest absolute Gasteiger partial charge is 0.366 e. The number of aryl methyl sites for hydroxylation is 2. The van der Waals surface area contributed by atoms with Crippen molar-refractivity contribution in [1.29, 1.82) is 0 Å². The third-order valence-corrected chi connectivity index (χ3v) is 4.23. The van der Waals surface area contributed by atoms with Crippen molar-refractivity contribution in [3.05, 3.63) is 64.0 Å². The Morgan fingerprint density at radius 3 is 2.35 bits per heavy atom. The van der Waals surface area contributed by atoms with Crippen LogP contribution in [0.1, 0.15) is 34.7 Å². The van der Waals surface area contributed by atoms with Gasteiger partial charge in [0, 0.05) is 13.6 Å². The molecule has 2 nitrogen and oxygen atoms in total. The third kappa shape index (κ3) is 5.07. The highest BCUT2D eigenvalue weighted by Gasteiger charge is 2.31. The zero-order valence-electron chi connectivity index (χ0n) is 15.3. The van der Waals surface area contributed by atoms with E-state index in [4.69, 9.17) is 0 Å². The van der Waals surface area contributed by atoms with Crippen molar-refractivity contribution in [3.63, 3.8) is 0 Å². The molecule has 26 heavy (non-hydrogen) atoms. The van der Waals surface area contributed by atoms with Gasteiger partial charge in [-0.25, -0.2) is 9.38 Å². The zero-order valence-corrected chi connectivity index (χ0v) is 15.3. The Bertz CT molecular complexity index is 810. The summed E-state index contributed by atoms with van der Waals surface area (Å²) in [5.74, 6) is -0.881. The van der Waals surface area contributed by atoms with Crippen LogP contribution in [0, 0.1) is 19.7 Å². The molecule has 0 amide bonds. The Kier molecular flexibility index (Phi) is 6.05. The van der Waals surface area contributed by atoms with E-state index in [-0.39, 0.29) is 6.42 Å². The van der Waals surface area contributed by atoms with Crippen molar-refractivity contribution in [2.45, 2.75) is 33.4 Å². The molecule has 2 aromatic rings. The number of halogens is 4. The van der Waals surface area contributed by atoms with Crippen LogP contribution < -0.4 is 0 Å². The molecule has 6 heteroatoms. The highest BCUT2D eigenvalue weighted by molar-refractivity contribution is 5.64. The van der Waals surface area contributed by atoms with E-state index < -0.39 is 17.6 Å². The van der Waals surface area contributed by atoms with Gasteiger partial charge in [-0.05, 0) is 73.7 Å².